The van der Waals surface area contributed by atoms with Crippen molar-refractivity contribution in [2.45, 2.75) is 19.9 Å². The Morgan fingerprint density at radius 3 is 2.67 bits per heavy atom. The van der Waals surface area contributed by atoms with Gasteiger partial charge in [0.25, 0.3) is 0 Å². The van der Waals surface area contributed by atoms with Gasteiger partial charge in [-0.1, -0.05) is 25.1 Å². The Morgan fingerprint density at radius 2 is 1.89 bits per heavy atom. The molecule has 0 saturated carbocycles. The fourth-order valence-electron chi connectivity index (χ4n) is 2.61. The van der Waals surface area contributed by atoms with Crippen LogP contribution in [0.1, 0.15) is 18.1 Å². The fourth-order valence-corrected chi connectivity index (χ4v) is 2.61. The number of benzene rings is 1. The van der Waals surface area contributed by atoms with Crippen LogP contribution in [-0.2, 0) is 13.0 Å². The first-order chi connectivity index (χ1) is 8.86. The maximum Gasteiger partial charge on any atom is 0.0273 e. The topological polar surface area (TPSA) is 16.1 Å². The number of hydrogen-bond acceptors (Lipinski definition) is 2. The van der Waals surface area contributed by atoms with Gasteiger partial charge in [0.2, 0.25) is 0 Å². The van der Waals surface area contributed by atoms with Crippen molar-refractivity contribution >= 4 is 0 Å². The Hall–Kier alpha value is -1.67. The molecule has 0 saturated heterocycles. The van der Waals surface area contributed by atoms with Gasteiger partial charge in [-0.05, 0) is 47.4 Å². The number of hydrogen-bond donors (Lipinski definition) is 0. The maximum atomic E-state index is 4.07. The second-order valence-corrected chi connectivity index (χ2v) is 4.84. The Kier molecular flexibility index (Phi) is 3.11. The van der Waals surface area contributed by atoms with Crippen molar-refractivity contribution in [3.8, 4) is 11.1 Å². The van der Waals surface area contributed by atoms with Crippen LogP contribution in [0.3, 0.4) is 0 Å². The summed E-state index contributed by atoms with van der Waals surface area (Å²) in [6.45, 7) is 5.66. The van der Waals surface area contributed by atoms with E-state index in [1.807, 2.05) is 12.4 Å². The zero-order valence-corrected chi connectivity index (χ0v) is 10.8. The van der Waals surface area contributed by atoms with Crippen LogP contribution in [0.5, 0.6) is 0 Å². The lowest BCUT2D eigenvalue weighted by Crippen LogP contribution is -2.30. The van der Waals surface area contributed by atoms with Crippen molar-refractivity contribution in [3.63, 3.8) is 0 Å². The molecule has 0 N–H and O–H groups in total. The van der Waals surface area contributed by atoms with Crippen LogP contribution < -0.4 is 0 Å². The monoisotopic (exact) mass is 238 g/mol. The number of pyridine rings is 1. The third-order valence-corrected chi connectivity index (χ3v) is 3.76. The Balaban J connectivity index is 1.93. The van der Waals surface area contributed by atoms with Gasteiger partial charge in [0.05, 0.1) is 0 Å². The predicted molar refractivity (Wildman–Crippen MR) is 74.3 cm³/mol. The average molecular weight is 238 g/mol. The van der Waals surface area contributed by atoms with Crippen LogP contribution in [0.15, 0.2) is 42.7 Å². The molecule has 2 aromatic rings. The fraction of sp³-hybridized carbons (Fsp3) is 0.312. The average Bonchev–Trinajstić information content (AvgIpc) is 2.47. The van der Waals surface area contributed by atoms with E-state index in [0.29, 0.717) is 0 Å². The highest BCUT2D eigenvalue weighted by molar-refractivity contribution is 5.64. The summed E-state index contributed by atoms with van der Waals surface area (Å²) < 4.78 is 0. The van der Waals surface area contributed by atoms with E-state index < -0.39 is 0 Å². The van der Waals surface area contributed by atoms with Crippen LogP contribution in [-0.4, -0.2) is 23.0 Å². The lowest BCUT2D eigenvalue weighted by Gasteiger charge is -2.27. The maximum absolute atomic E-state index is 4.07. The summed E-state index contributed by atoms with van der Waals surface area (Å²) in [6.07, 6.45) is 4.88. The van der Waals surface area contributed by atoms with E-state index in [1.165, 1.54) is 35.2 Å². The molecule has 1 aliphatic rings. The highest BCUT2D eigenvalue weighted by atomic mass is 15.1. The molecular weight excluding hydrogens is 220 g/mol. The van der Waals surface area contributed by atoms with Gasteiger partial charge in [0, 0.05) is 25.5 Å². The Bertz CT molecular complexity index is 534. The molecule has 0 aliphatic carbocycles. The molecule has 1 aromatic heterocycles. The highest BCUT2D eigenvalue weighted by Crippen LogP contribution is 2.25. The molecule has 0 unspecified atom stereocenters. The highest BCUT2D eigenvalue weighted by Gasteiger charge is 2.15. The quantitative estimate of drug-likeness (QED) is 0.799. The largest absolute Gasteiger partial charge is 0.299 e. The molecule has 2 nitrogen and oxygen atoms in total. The Morgan fingerprint density at radius 1 is 1.06 bits per heavy atom. The van der Waals surface area contributed by atoms with E-state index in [1.54, 1.807) is 0 Å². The summed E-state index contributed by atoms with van der Waals surface area (Å²) in [5, 5.41) is 0. The van der Waals surface area contributed by atoms with Gasteiger partial charge >= 0.3 is 0 Å². The first-order valence-electron chi connectivity index (χ1n) is 6.61. The van der Waals surface area contributed by atoms with Gasteiger partial charge in [-0.3, -0.25) is 9.88 Å². The molecule has 1 aromatic carbocycles. The van der Waals surface area contributed by atoms with Crippen molar-refractivity contribution in [1.29, 1.82) is 0 Å². The lowest BCUT2D eigenvalue weighted by atomic mass is 9.95. The normalized spacial score (nSPS) is 15.4. The van der Waals surface area contributed by atoms with Gasteiger partial charge < -0.3 is 0 Å². The van der Waals surface area contributed by atoms with Gasteiger partial charge in [0.1, 0.15) is 0 Å². The number of likely N-dealkylation sites (N-methyl/N-ethyl adjacent to an activating group) is 1. The zero-order valence-electron chi connectivity index (χ0n) is 10.8. The molecule has 0 amide bonds. The summed E-state index contributed by atoms with van der Waals surface area (Å²) >= 11 is 0. The smallest absolute Gasteiger partial charge is 0.0273 e. The van der Waals surface area contributed by atoms with Crippen LogP contribution in [0.2, 0.25) is 0 Å². The first kappa shape index (κ1) is 11.4. The summed E-state index contributed by atoms with van der Waals surface area (Å²) in [5.74, 6) is 0. The van der Waals surface area contributed by atoms with Crippen molar-refractivity contribution in [2.75, 3.05) is 13.1 Å². The van der Waals surface area contributed by atoms with Crippen molar-refractivity contribution in [2.24, 2.45) is 0 Å². The van der Waals surface area contributed by atoms with Crippen LogP contribution in [0, 0.1) is 0 Å². The Labute approximate surface area is 108 Å². The van der Waals surface area contributed by atoms with E-state index >= 15 is 0 Å². The van der Waals surface area contributed by atoms with E-state index in [9.17, 15) is 0 Å². The third-order valence-electron chi connectivity index (χ3n) is 3.76. The summed E-state index contributed by atoms with van der Waals surface area (Å²) in [5.41, 5.74) is 5.56. The minimum absolute atomic E-state index is 1.10. The standard InChI is InChI=1S/C16H18N2/c1-2-18-10-7-15-11-14(3-4-16(15)12-18)13-5-8-17-9-6-13/h3-6,8-9,11H,2,7,10,12H2,1H3. The molecule has 2 heterocycles. The molecule has 1 aliphatic heterocycles. The van der Waals surface area contributed by atoms with Crippen LogP contribution >= 0.6 is 0 Å². The van der Waals surface area contributed by atoms with Gasteiger partial charge in [-0.25, -0.2) is 0 Å². The van der Waals surface area contributed by atoms with Crippen molar-refractivity contribution < 1.29 is 0 Å². The molecule has 0 radical (unpaired) electrons. The molecule has 0 fully saturated rings. The predicted octanol–water partition coefficient (Wildman–Crippen LogP) is 3.13. The minimum Gasteiger partial charge on any atom is -0.299 e. The molecular formula is C16H18N2. The number of nitrogens with zero attached hydrogens (tertiary/aromatic N) is 2. The van der Waals surface area contributed by atoms with E-state index in [0.717, 1.165) is 13.1 Å². The second-order valence-electron chi connectivity index (χ2n) is 4.84. The van der Waals surface area contributed by atoms with Crippen LogP contribution in [0.4, 0.5) is 0 Å². The summed E-state index contributed by atoms with van der Waals surface area (Å²) in [4.78, 5) is 6.57. The molecule has 2 heteroatoms. The zero-order chi connectivity index (χ0) is 12.4. The third kappa shape index (κ3) is 2.16. The first-order valence-corrected chi connectivity index (χ1v) is 6.61. The lowest BCUT2D eigenvalue weighted by molar-refractivity contribution is 0.268. The SMILES string of the molecule is CCN1CCc2cc(-c3ccncc3)ccc2C1. The van der Waals surface area contributed by atoms with E-state index in [2.05, 4.69) is 47.1 Å². The van der Waals surface area contributed by atoms with Gasteiger partial charge in [-0.2, -0.15) is 0 Å². The molecule has 0 bridgehead atoms. The van der Waals surface area contributed by atoms with Crippen LogP contribution in [0.25, 0.3) is 11.1 Å². The summed E-state index contributed by atoms with van der Waals surface area (Å²) in [6, 6.07) is 11.0. The molecule has 92 valence electrons. The molecule has 18 heavy (non-hydrogen) atoms. The molecule has 0 atom stereocenters. The molecule has 0 spiro atoms. The minimum atomic E-state index is 1.10. The molecule has 3 rings (SSSR count). The number of fused-ring (bicyclic) bond motifs is 1. The number of rotatable bonds is 2. The van der Waals surface area contributed by atoms with Gasteiger partial charge in [0.15, 0.2) is 0 Å². The number of aromatic nitrogens is 1. The van der Waals surface area contributed by atoms with Crippen molar-refractivity contribution in [1.82, 2.24) is 9.88 Å². The summed E-state index contributed by atoms with van der Waals surface area (Å²) in [7, 11) is 0. The van der Waals surface area contributed by atoms with E-state index in [4.69, 9.17) is 0 Å². The second kappa shape index (κ2) is 4.91. The van der Waals surface area contributed by atoms with Gasteiger partial charge in [-0.15, -0.1) is 0 Å². The van der Waals surface area contributed by atoms with Crippen molar-refractivity contribution in [3.05, 3.63) is 53.9 Å². The van der Waals surface area contributed by atoms with E-state index in [-0.39, 0.29) is 0 Å².